The van der Waals surface area contributed by atoms with Crippen molar-refractivity contribution >= 4 is 17.6 Å². The molecular weight excluding hydrogens is 284 g/mol. The number of hydrogen-bond donors (Lipinski definition) is 2. The second-order valence-electron chi connectivity index (χ2n) is 4.51. The summed E-state index contributed by atoms with van der Waals surface area (Å²) in [6.07, 6.45) is 3.23. The van der Waals surface area contributed by atoms with E-state index in [1.165, 1.54) is 11.8 Å². The van der Waals surface area contributed by atoms with Crippen LogP contribution < -0.4 is 5.73 Å². The van der Waals surface area contributed by atoms with Gasteiger partial charge in [0.15, 0.2) is 5.16 Å². The zero-order chi connectivity index (χ0) is 15.4. The smallest absolute Gasteiger partial charge is 0.194 e. The van der Waals surface area contributed by atoms with Crippen molar-refractivity contribution in [3.05, 3.63) is 34.8 Å². The Bertz CT molecular complexity index is 671. The van der Waals surface area contributed by atoms with Crippen LogP contribution in [0.25, 0.3) is 0 Å². The Labute approximate surface area is 128 Å². The van der Waals surface area contributed by atoms with E-state index in [1.54, 1.807) is 6.20 Å². The van der Waals surface area contributed by atoms with E-state index in [0.717, 1.165) is 29.8 Å². The largest absolute Gasteiger partial charge is 0.384 e. The molecule has 0 unspecified atom stereocenters. The van der Waals surface area contributed by atoms with Gasteiger partial charge in [0.05, 0.1) is 11.3 Å². The molecule has 0 bridgehead atoms. The van der Waals surface area contributed by atoms with Crippen LogP contribution in [-0.2, 0) is 12.8 Å². The van der Waals surface area contributed by atoms with Gasteiger partial charge in [-0.05, 0) is 43.2 Å². The summed E-state index contributed by atoms with van der Waals surface area (Å²) in [4.78, 5) is 8.55. The van der Waals surface area contributed by atoms with Crippen LogP contribution in [0.4, 0.5) is 0 Å². The summed E-state index contributed by atoms with van der Waals surface area (Å²) < 4.78 is 0. The molecule has 0 saturated heterocycles. The number of rotatable bonds is 5. The van der Waals surface area contributed by atoms with Crippen molar-refractivity contribution in [2.24, 2.45) is 5.73 Å². The van der Waals surface area contributed by atoms with Gasteiger partial charge in [-0.25, -0.2) is 9.97 Å². The number of aromatic nitrogens is 4. The molecule has 0 radical (unpaired) electrons. The molecule has 2 aromatic rings. The molecule has 0 aliphatic heterocycles. The predicted octanol–water partition coefficient (Wildman–Crippen LogP) is 2.14. The third-order valence-electron chi connectivity index (χ3n) is 3.04. The second-order valence-corrected chi connectivity index (χ2v) is 5.46. The van der Waals surface area contributed by atoms with Gasteiger partial charge in [-0.1, -0.05) is 13.8 Å². The van der Waals surface area contributed by atoms with Gasteiger partial charge in [-0.2, -0.15) is 5.10 Å². The van der Waals surface area contributed by atoms with Crippen LogP contribution in [0, 0.1) is 12.3 Å². The quantitative estimate of drug-likeness (QED) is 0.498. The van der Waals surface area contributed by atoms with Gasteiger partial charge in [-0.15, -0.1) is 5.10 Å². The molecule has 2 heterocycles. The van der Waals surface area contributed by atoms with Crippen molar-refractivity contribution in [2.45, 2.75) is 43.8 Å². The monoisotopic (exact) mass is 302 g/mol. The molecule has 0 amide bonds. The summed E-state index contributed by atoms with van der Waals surface area (Å²) in [6, 6.07) is 1.83. The van der Waals surface area contributed by atoms with Gasteiger partial charge >= 0.3 is 0 Å². The zero-order valence-electron chi connectivity index (χ0n) is 12.3. The fourth-order valence-electron chi connectivity index (χ4n) is 2.07. The average molecular weight is 302 g/mol. The molecule has 2 aromatic heterocycles. The molecule has 2 rings (SSSR count). The van der Waals surface area contributed by atoms with Crippen LogP contribution in [0.1, 0.15) is 36.4 Å². The molecular formula is C14H18N6S. The van der Waals surface area contributed by atoms with Crippen LogP contribution in [0.3, 0.4) is 0 Å². The fraction of sp³-hybridized carbons (Fsp3) is 0.357. The minimum atomic E-state index is 0.00611. The molecule has 21 heavy (non-hydrogen) atoms. The van der Waals surface area contributed by atoms with Crippen LogP contribution in [0.2, 0.25) is 0 Å². The van der Waals surface area contributed by atoms with Crippen LogP contribution in [0.15, 0.2) is 22.4 Å². The normalized spacial score (nSPS) is 10.6. The summed E-state index contributed by atoms with van der Waals surface area (Å²) in [5.74, 6) is 0.00611. The Balaban J connectivity index is 2.50. The lowest BCUT2D eigenvalue weighted by molar-refractivity contribution is 0.815. The summed E-state index contributed by atoms with van der Waals surface area (Å²) >= 11 is 1.29. The maximum atomic E-state index is 7.86. The number of amidine groups is 1. The Hall–Kier alpha value is -2.02. The molecule has 0 atom stereocenters. The molecule has 0 spiro atoms. The summed E-state index contributed by atoms with van der Waals surface area (Å²) in [7, 11) is 0. The highest BCUT2D eigenvalue weighted by atomic mass is 32.2. The molecule has 0 saturated carbocycles. The van der Waals surface area contributed by atoms with Crippen molar-refractivity contribution in [2.75, 3.05) is 0 Å². The first-order valence-corrected chi connectivity index (χ1v) is 7.58. The van der Waals surface area contributed by atoms with Crippen molar-refractivity contribution in [3.63, 3.8) is 0 Å². The summed E-state index contributed by atoms with van der Waals surface area (Å²) in [6.45, 7) is 5.95. The molecule has 0 aliphatic carbocycles. The number of nitrogens with zero attached hydrogens (tertiary/aromatic N) is 4. The number of nitrogens with two attached hydrogens (primary N) is 1. The Morgan fingerprint density at radius 1 is 1.29 bits per heavy atom. The minimum absolute atomic E-state index is 0.00611. The van der Waals surface area contributed by atoms with Crippen molar-refractivity contribution in [3.8, 4) is 0 Å². The third-order valence-corrected chi connectivity index (χ3v) is 3.90. The highest BCUT2D eigenvalue weighted by molar-refractivity contribution is 7.99. The maximum Gasteiger partial charge on any atom is 0.194 e. The summed E-state index contributed by atoms with van der Waals surface area (Å²) in [5, 5.41) is 17.5. The SMILES string of the molecule is CCc1nnc(Sc2nccc(C)n2)c(C(=N)N)c1CC. The lowest BCUT2D eigenvalue weighted by Gasteiger charge is -2.13. The lowest BCUT2D eigenvalue weighted by Crippen LogP contribution is -2.18. The first kappa shape index (κ1) is 15.4. The average Bonchev–Trinajstić information content (AvgIpc) is 2.46. The minimum Gasteiger partial charge on any atom is -0.384 e. The Morgan fingerprint density at radius 3 is 2.62 bits per heavy atom. The highest BCUT2D eigenvalue weighted by Crippen LogP contribution is 2.28. The molecule has 6 nitrogen and oxygen atoms in total. The van der Waals surface area contributed by atoms with E-state index in [0.29, 0.717) is 15.7 Å². The Kier molecular flexibility index (Phi) is 4.85. The first-order chi connectivity index (χ1) is 10.1. The van der Waals surface area contributed by atoms with E-state index in [4.69, 9.17) is 11.1 Å². The van der Waals surface area contributed by atoms with E-state index < -0.39 is 0 Å². The lowest BCUT2D eigenvalue weighted by atomic mass is 10.0. The van der Waals surface area contributed by atoms with Crippen LogP contribution >= 0.6 is 11.8 Å². The third kappa shape index (κ3) is 3.36. The van der Waals surface area contributed by atoms with E-state index in [9.17, 15) is 0 Å². The zero-order valence-corrected chi connectivity index (χ0v) is 13.2. The topological polar surface area (TPSA) is 101 Å². The van der Waals surface area contributed by atoms with Crippen molar-refractivity contribution < 1.29 is 0 Å². The van der Waals surface area contributed by atoms with Crippen LogP contribution in [0.5, 0.6) is 0 Å². The van der Waals surface area contributed by atoms with E-state index in [2.05, 4.69) is 20.2 Å². The summed E-state index contributed by atoms with van der Waals surface area (Å²) in [5.41, 5.74) is 9.16. The van der Waals surface area contributed by atoms with E-state index >= 15 is 0 Å². The van der Waals surface area contributed by atoms with Gasteiger partial charge in [0.2, 0.25) is 0 Å². The Morgan fingerprint density at radius 2 is 2.05 bits per heavy atom. The molecule has 0 aliphatic rings. The number of hydrogen-bond acceptors (Lipinski definition) is 6. The molecule has 0 fully saturated rings. The van der Waals surface area contributed by atoms with E-state index in [-0.39, 0.29) is 5.84 Å². The molecule has 110 valence electrons. The standard InChI is InChI=1S/C14H18N6S/c1-4-9-10(5-2)19-20-13(11(9)12(15)16)21-14-17-7-6-8(3)18-14/h6-7H,4-5H2,1-3H3,(H3,15,16). The number of aryl methyl sites for hydroxylation is 2. The van der Waals surface area contributed by atoms with Gasteiger partial charge in [0, 0.05) is 11.9 Å². The van der Waals surface area contributed by atoms with Crippen LogP contribution in [-0.4, -0.2) is 26.0 Å². The van der Waals surface area contributed by atoms with Gasteiger partial charge in [-0.3, -0.25) is 5.41 Å². The van der Waals surface area contributed by atoms with Gasteiger partial charge in [0.25, 0.3) is 0 Å². The fourth-order valence-corrected chi connectivity index (χ4v) is 2.96. The van der Waals surface area contributed by atoms with E-state index in [1.807, 2.05) is 26.8 Å². The van der Waals surface area contributed by atoms with Crippen molar-refractivity contribution in [1.82, 2.24) is 20.2 Å². The molecule has 0 aromatic carbocycles. The second kappa shape index (κ2) is 6.62. The highest BCUT2D eigenvalue weighted by Gasteiger charge is 2.18. The number of nitrogens with one attached hydrogen (secondary N) is 1. The predicted molar refractivity (Wildman–Crippen MR) is 82.7 cm³/mol. The van der Waals surface area contributed by atoms with Gasteiger partial charge in [0.1, 0.15) is 10.9 Å². The van der Waals surface area contributed by atoms with Crippen molar-refractivity contribution in [1.29, 1.82) is 5.41 Å². The number of nitrogen functional groups attached to an aromatic ring is 1. The van der Waals surface area contributed by atoms with Gasteiger partial charge < -0.3 is 5.73 Å². The maximum absolute atomic E-state index is 7.86. The first-order valence-electron chi connectivity index (χ1n) is 6.77. The molecule has 7 heteroatoms. The molecule has 3 N–H and O–H groups in total.